The SMILES string of the molecule is CC(NCC1(CO)CCOCC1)c1cccc(C(F)(F)F)c1. The lowest BCUT2D eigenvalue weighted by Crippen LogP contribution is -2.42. The molecule has 1 unspecified atom stereocenters. The van der Waals surface area contributed by atoms with Crippen LogP contribution in [0.15, 0.2) is 24.3 Å². The van der Waals surface area contributed by atoms with E-state index in [9.17, 15) is 18.3 Å². The van der Waals surface area contributed by atoms with Gasteiger partial charge in [0.25, 0.3) is 0 Å². The Bertz CT molecular complexity index is 485. The van der Waals surface area contributed by atoms with Crippen molar-refractivity contribution in [2.24, 2.45) is 5.41 Å². The van der Waals surface area contributed by atoms with E-state index in [-0.39, 0.29) is 18.1 Å². The number of alkyl halides is 3. The van der Waals surface area contributed by atoms with Gasteiger partial charge in [-0.15, -0.1) is 0 Å². The third-order valence-electron chi connectivity index (χ3n) is 4.39. The van der Waals surface area contributed by atoms with Gasteiger partial charge in [-0.2, -0.15) is 13.2 Å². The van der Waals surface area contributed by atoms with E-state index < -0.39 is 11.7 Å². The zero-order chi connectivity index (χ0) is 16.2. The van der Waals surface area contributed by atoms with Crippen molar-refractivity contribution >= 4 is 0 Å². The van der Waals surface area contributed by atoms with Gasteiger partial charge in [0.05, 0.1) is 12.2 Å². The summed E-state index contributed by atoms with van der Waals surface area (Å²) in [6.45, 7) is 3.67. The highest BCUT2D eigenvalue weighted by molar-refractivity contribution is 5.27. The van der Waals surface area contributed by atoms with Gasteiger partial charge in [0, 0.05) is 31.2 Å². The topological polar surface area (TPSA) is 41.5 Å². The Morgan fingerprint density at radius 1 is 1.32 bits per heavy atom. The number of benzene rings is 1. The lowest BCUT2D eigenvalue weighted by molar-refractivity contribution is -0.137. The van der Waals surface area contributed by atoms with Crippen molar-refractivity contribution in [2.45, 2.75) is 32.0 Å². The molecule has 3 nitrogen and oxygen atoms in total. The molecule has 2 rings (SSSR count). The zero-order valence-corrected chi connectivity index (χ0v) is 12.6. The number of nitrogens with one attached hydrogen (secondary N) is 1. The summed E-state index contributed by atoms with van der Waals surface area (Å²) >= 11 is 0. The van der Waals surface area contributed by atoms with Crippen molar-refractivity contribution in [1.82, 2.24) is 5.32 Å². The molecule has 0 aliphatic carbocycles. The maximum atomic E-state index is 12.8. The van der Waals surface area contributed by atoms with Gasteiger partial charge < -0.3 is 15.2 Å². The molecule has 1 atom stereocenters. The lowest BCUT2D eigenvalue weighted by Gasteiger charge is -2.36. The molecular formula is C16H22F3NO2. The van der Waals surface area contributed by atoms with Gasteiger partial charge in [0.15, 0.2) is 0 Å². The average molecular weight is 317 g/mol. The van der Waals surface area contributed by atoms with Crippen LogP contribution in [0.2, 0.25) is 0 Å². The van der Waals surface area contributed by atoms with Crippen molar-refractivity contribution < 1.29 is 23.0 Å². The Balaban J connectivity index is 2.01. The second kappa shape index (κ2) is 6.98. The van der Waals surface area contributed by atoms with E-state index in [1.165, 1.54) is 12.1 Å². The molecule has 1 aromatic carbocycles. The van der Waals surface area contributed by atoms with Crippen molar-refractivity contribution in [1.29, 1.82) is 0 Å². The highest BCUT2D eigenvalue weighted by Crippen LogP contribution is 2.32. The normalized spacial score (nSPS) is 19.9. The molecule has 2 N–H and O–H groups in total. The third kappa shape index (κ3) is 4.21. The minimum absolute atomic E-state index is 0.0542. The van der Waals surface area contributed by atoms with Crippen LogP contribution < -0.4 is 5.32 Å². The molecule has 0 bridgehead atoms. The molecule has 0 aromatic heterocycles. The van der Waals surface area contributed by atoms with Gasteiger partial charge >= 0.3 is 6.18 Å². The molecule has 1 saturated heterocycles. The number of rotatable bonds is 5. The highest BCUT2D eigenvalue weighted by Gasteiger charge is 2.33. The van der Waals surface area contributed by atoms with E-state index in [4.69, 9.17) is 4.74 Å². The predicted octanol–water partition coefficient (Wildman–Crippen LogP) is 3.15. The quantitative estimate of drug-likeness (QED) is 0.876. The molecule has 1 heterocycles. The van der Waals surface area contributed by atoms with Crippen LogP contribution >= 0.6 is 0 Å². The second-order valence-electron chi connectivity index (χ2n) is 6.00. The first-order valence-electron chi connectivity index (χ1n) is 7.45. The maximum Gasteiger partial charge on any atom is 0.416 e. The van der Waals surface area contributed by atoms with Crippen molar-refractivity contribution in [2.75, 3.05) is 26.4 Å². The second-order valence-corrected chi connectivity index (χ2v) is 6.00. The molecule has 1 aliphatic rings. The average Bonchev–Trinajstić information content (AvgIpc) is 2.53. The molecule has 0 radical (unpaired) electrons. The van der Waals surface area contributed by atoms with Gasteiger partial charge in [0.1, 0.15) is 0 Å². The minimum atomic E-state index is -4.33. The van der Waals surface area contributed by atoms with Crippen LogP contribution in [-0.2, 0) is 10.9 Å². The fraction of sp³-hybridized carbons (Fsp3) is 0.625. The summed E-state index contributed by atoms with van der Waals surface area (Å²) in [6.07, 6.45) is -2.82. The molecule has 1 fully saturated rings. The van der Waals surface area contributed by atoms with Crippen LogP contribution in [0.25, 0.3) is 0 Å². The Kier molecular flexibility index (Phi) is 5.47. The van der Waals surface area contributed by atoms with Crippen LogP contribution in [-0.4, -0.2) is 31.5 Å². The number of halogens is 3. The van der Waals surface area contributed by atoms with Crippen LogP contribution in [0.1, 0.15) is 36.9 Å². The molecule has 0 saturated carbocycles. The van der Waals surface area contributed by atoms with Crippen LogP contribution in [0.5, 0.6) is 0 Å². The predicted molar refractivity (Wildman–Crippen MR) is 77.4 cm³/mol. The van der Waals surface area contributed by atoms with Gasteiger partial charge in [0.2, 0.25) is 0 Å². The van der Waals surface area contributed by atoms with E-state index in [0.717, 1.165) is 18.9 Å². The monoisotopic (exact) mass is 317 g/mol. The van der Waals surface area contributed by atoms with E-state index in [1.807, 2.05) is 6.92 Å². The standard InChI is InChI=1S/C16H22F3NO2/c1-12(13-3-2-4-14(9-13)16(17,18)19)20-10-15(11-21)5-7-22-8-6-15/h2-4,9,12,20-21H,5-8,10-11H2,1H3. The van der Waals surface area contributed by atoms with E-state index in [0.29, 0.717) is 25.3 Å². The van der Waals surface area contributed by atoms with E-state index >= 15 is 0 Å². The summed E-state index contributed by atoms with van der Waals surface area (Å²) in [5.41, 5.74) is -0.287. The van der Waals surface area contributed by atoms with Crippen molar-refractivity contribution in [3.63, 3.8) is 0 Å². The first-order valence-corrected chi connectivity index (χ1v) is 7.45. The fourth-order valence-electron chi connectivity index (χ4n) is 2.67. The first kappa shape index (κ1) is 17.2. The lowest BCUT2D eigenvalue weighted by atomic mass is 9.80. The number of aliphatic hydroxyl groups excluding tert-OH is 1. The molecule has 1 aromatic rings. The zero-order valence-electron chi connectivity index (χ0n) is 12.6. The molecule has 0 amide bonds. The Hall–Kier alpha value is -1.11. The third-order valence-corrected chi connectivity index (χ3v) is 4.39. The number of hydrogen-bond donors (Lipinski definition) is 2. The largest absolute Gasteiger partial charge is 0.416 e. The van der Waals surface area contributed by atoms with Crippen LogP contribution in [0, 0.1) is 5.41 Å². The van der Waals surface area contributed by atoms with Crippen LogP contribution in [0.4, 0.5) is 13.2 Å². The molecule has 22 heavy (non-hydrogen) atoms. The van der Waals surface area contributed by atoms with Gasteiger partial charge in [-0.3, -0.25) is 0 Å². The fourth-order valence-corrected chi connectivity index (χ4v) is 2.67. The summed E-state index contributed by atoms with van der Waals surface area (Å²) in [6, 6.07) is 5.14. The molecule has 6 heteroatoms. The summed E-state index contributed by atoms with van der Waals surface area (Å²) in [5, 5.41) is 12.9. The smallest absolute Gasteiger partial charge is 0.396 e. The summed E-state index contributed by atoms with van der Waals surface area (Å²) in [7, 11) is 0. The minimum Gasteiger partial charge on any atom is -0.396 e. The summed E-state index contributed by atoms with van der Waals surface area (Å²) in [4.78, 5) is 0. The van der Waals surface area contributed by atoms with Gasteiger partial charge in [-0.25, -0.2) is 0 Å². The van der Waals surface area contributed by atoms with Crippen LogP contribution in [0.3, 0.4) is 0 Å². The van der Waals surface area contributed by atoms with Crippen molar-refractivity contribution in [3.8, 4) is 0 Å². The Morgan fingerprint density at radius 2 is 2.00 bits per heavy atom. The van der Waals surface area contributed by atoms with E-state index in [1.54, 1.807) is 6.07 Å². The summed E-state index contributed by atoms with van der Waals surface area (Å²) in [5.74, 6) is 0. The molecule has 0 spiro atoms. The number of hydrogen-bond acceptors (Lipinski definition) is 3. The maximum absolute atomic E-state index is 12.8. The first-order chi connectivity index (χ1) is 10.4. The highest BCUT2D eigenvalue weighted by atomic mass is 19.4. The molecule has 1 aliphatic heterocycles. The molecule has 124 valence electrons. The Labute approximate surface area is 128 Å². The summed E-state index contributed by atoms with van der Waals surface area (Å²) < 4.78 is 43.6. The molecular weight excluding hydrogens is 295 g/mol. The van der Waals surface area contributed by atoms with Gasteiger partial charge in [-0.1, -0.05) is 12.1 Å². The number of aliphatic hydroxyl groups is 1. The van der Waals surface area contributed by atoms with Gasteiger partial charge in [-0.05, 0) is 37.5 Å². The number of ether oxygens (including phenoxy) is 1. The van der Waals surface area contributed by atoms with Crippen molar-refractivity contribution in [3.05, 3.63) is 35.4 Å². The van der Waals surface area contributed by atoms with E-state index in [2.05, 4.69) is 5.32 Å². The Morgan fingerprint density at radius 3 is 2.59 bits per heavy atom.